The number of amides is 2. The van der Waals surface area contributed by atoms with Gasteiger partial charge in [-0.15, -0.1) is 0 Å². The van der Waals surface area contributed by atoms with E-state index < -0.39 is 21.8 Å². The maximum atomic E-state index is 12.7. The molecule has 0 saturated carbocycles. The molecule has 0 spiro atoms. The minimum Gasteiger partial charge on any atom is -0.311 e. The fourth-order valence-corrected chi connectivity index (χ4v) is 4.72. The zero-order valence-corrected chi connectivity index (χ0v) is 16.8. The second kappa shape index (κ2) is 6.47. The van der Waals surface area contributed by atoms with E-state index in [0.717, 1.165) is 21.1 Å². The summed E-state index contributed by atoms with van der Waals surface area (Å²) in [5, 5.41) is 0. The Morgan fingerprint density at radius 3 is 2.60 bits per heavy atom. The van der Waals surface area contributed by atoms with Crippen molar-refractivity contribution in [1.29, 1.82) is 0 Å². The van der Waals surface area contributed by atoms with Crippen LogP contribution in [-0.2, 0) is 19.7 Å². The van der Waals surface area contributed by atoms with E-state index in [9.17, 15) is 18.0 Å². The SMILES string of the molecule is CN1C(=O)/C(=C2\SC(=S)N(CCS(=O)(=O)O)C2=O)c2cc(Br)ccc21. The van der Waals surface area contributed by atoms with Gasteiger partial charge in [0.15, 0.2) is 0 Å². The maximum absolute atomic E-state index is 12.7. The number of nitrogens with zero attached hydrogens (tertiary/aromatic N) is 2. The molecule has 0 radical (unpaired) electrons. The van der Waals surface area contributed by atoms with Crippen LogP contribution in [0, 0.1) is 0 Å². The van der Waals surface area contributed by atoms with E-state index >= 15 is 0 Å². The zero-order valence-electron chi connectivity index (χ0n) is 12.7. The third-order valence-electron chi connectivity index (χ3n) is 3.76. The second-order valence-corrected chi connectivity index (χ2v) is 9.47. The molecule has 2 aliphatic rings. The van der Waals surface area contributed by atoms with Crippen molar-refractivity contribution in [2.45, 2.75) is 0 Å². The van der Waals surface area contributed by atoms with Crippen LogP contribution in [0.5, 0.6) is 0 Å². The minimum absolute atomic E-state index is 0.148. The fraction of sp³-hybridized carbons (Fsp3) is 0.214. The molecule has 0 atom stereocenters. The summed E-state index contributed by atoms with van der Waals surface area (Å²) in [7, 11) is -2.62. The molecule has 0 aromatic heterocycles. The van der Waals surface area contributed by atoms with Crippen LogP contribution >= 0.6 is 39.9 Å². The first-order chi connectivity index (χ1) is 11.6. The highest BCUT2D eigenvalue weighted by Gasteiger charge is 2.41. The van der Waals surface area contributed by atoms with Gasteiger partial charge in [0.05, 0.1) is 21.9 Å². The fourth-order valence-electron chi connectivity index (χ4n) is 2.56. The highest BCUT2D eigenvalue weighted by atomic mass is 79.9. The molecule has 1 aromatic rings. The molecule has 1 saturated heterocycles. The lowest BCUT2D eigenvalue weighted by Gasteiger charge is -2.12. The first-order valence-electron chi connectivity index (χ1n) is 6.91. The topological polar surface area (TPSA) is 95.0 Å². The van der Waals surface area contributed by atoms with E-state index in [-0.39, 0.29) is 27.3 Å². The predicted octanol–water partition coefficient (Wildman–Crippen LogP) is 1.88. The third-order valence-corrected chi connectivity index (χ3v) is 6.40. The van der Waals surface area contributed by atoms with Crippen molar-refractivity contribution in [2.75, 3.05) is 24.2 Å². The quantitative estimate of drug-likeness (QED) is 0.416. The molecule has 11 heteroatoms. The Kier molecular flexibility index (Phi) is 4.79. The van der Waals surface area contributed by atoms with E-state index in [1.165, 1.54) is 4.90 Å². The van der Waals surface area contributed by atoms with Crippen molar-refractivity contribution in [3.05, 3.63) is 33.1 Å². The lowest BCUT2D eigenvalue weighted by Crippen LogP contribution is -2.33. The predicted molar refractivity (Wildman–Crippen MR) is 103 cm³/mol. The monoisotopic (exact) mass is 462 g/mol. The number of fused-ring (bicyclic) bond motifs is 1. The summed E-state index contributed by atoms with van der Waals surface area (Å²) >= 11 is 9.44. The Balaban J connectivity index is 2.04. The number of hydrogen-bond donors (Lipinski definition) is 1. The van der Waals surface area contributed by atoms with Gasteiger partial charge in [-0.1, -0.05) is 39.9 Å². The summed E-state index contributed by atoms with van der Waals surface area (Å²) in [6.07, 6.45) is 0. The average molecular weight is 463 g/mol. The largest absolute Gasteiger partial charge is 0.311 e. The Morgan fingerprint density at radius 2 is 1.96 bits per heavy atom. The van der Waals surface area contributed by atoms with Gasteiger partial charge in [-0.25, -0.2) is 0 Å². The van der Waals surface area contributed by atoms with Crippen LogP contribution in [-0.4, -0.2) is 53.4 Å². The Labute approximate surface area is 161 Å². The molecule has 2 aliphatic heterocycles. The van der Waals surface area contributed by atoms with Crippen molar-refractivity contribution >= 4 is 77.4 Å². The molecule has 2 amide bonds. The Hall–Kier alpha value is -1.27. The van der Waals surface area contributed by atoms with E-state index in [4.69, 9.17) is 16.8 Å². The molecule has 0 unspecified atom stereocenters. The highest BCUT2D eigenvalue weighted by molar-refractivity contribution is 9.10. The number of hydrogen-bond acceptors (Lipinski definition) is 6. The number of carbonyl (C=O) groups is 2. The van der Waals surface area contributed by atoms with Crippen LogP contribution in [0.25, 0.3) is 5.57 Å². The standard InChI is InChI=1S/C14H11BrN2O5S3/c1-16-9-3-2-7(15)6-8(9)10(12(16)18)11-13(19)17(14(23)24-11)4-5-25(20,21)22/h2-3,6H,4-5H2,1H3,(H,20,21,22)/b11-10-. The van der Waals surface area contributed by atoms with Gasteiger partial charge in [0.1, 0.15) is 4.32 Å². The number of anilines is 1. The van der Waals surface area contributed by atoms with Crippen LogP contribution in [0.3, 0.4) is 0 Å². The molecule has 1 fully saturated rings. The van der Waals surface area contributed by atoms with Gasteiger partial charge in [-0.3, -0.25) is 19.0 Å². The van der Waals surface area contributed by atoms with Crippen molar-refractivity contribution in [3.63, 3.8) is 0 Å². The Bertz CT molecular complexity index is 957. The van der Waals surface area contributed by atoms with Gasteiger partial charge in [0, 0.05) is 23.6 Å². The van der Waals surface area contributed by atoms with Gasteiger partial charge >= 0.3 is 0 Å². The van der Waals surface area contributed by atoms with Crippen LogP contribution in [0.15, 0.2) is 27.6 Å². The van der Waals surface area contributed by atoms with Crippen molar-refractivity contribution in [1.82, 2.24) is 4.90 Å². The van der Waals surface area contributed by atoms with E-state index in [2.05, 4.69) is 15.9 Å². The third kappa shape index (κ3) is 3.38. The molecular weight excluding hydrogens is 452 g/mol. The molecule has 0 bridgehead atoms. The van der Waals surface area contributed by atoms with Gasteiger partial charge in [-0.2, -0.15) is 8.42 Å². The normalized spacial score (nSPS) is 20.7. The summed E-state index contributed by atoms with van der Waals surface area (Å²) in [6.45, 7) is -0.268. The van der Waals surface area contributed by atoms with Gasteiger partial charge in [0.2, 0.25) is 0 Å². The lowest BCUT2D eigenvalue weighted by molar-refractivity contribution is -0.122. The minimum atomic E-state index is -4.23. The van der Waals surface area contributed by atoms with Crippen LogP contribution < -0.4 is 4.90 Å². The summed E-state index contributed by atoms with van der Waals surface area (Å²) < 4.78 is 31.6. The molecule has 3 rings (SSSR count). The van der Waals surface area contributed by atoms with Crippen LogP contribution in [0.1, 0.15) is 5.56 Å². The average Bonchev–Trinajstić information content (AvgIpc) is 2.91. The highest BCUT2D eigenvalue weighted by Crippen LogP contribution is 2.44. The maximum Gasteiger partial charge on any atom is 0.267 e. The first-order valence-corrected chi connectivity index (χ1v) is 10.5. The molecular formula is C14H11BrN2O5S3. The molecule has 1 aromatic carbocycles. The number of thiocarbonyl (C=S) groups is 1. The van der Waals surface area contributed by atoms with Gasteiger partial charge in [0.25, 0.3) is 21.9 Å². The number of benzene rings is 1. The van der Waals surface area contributed by atoms with Crippen LogP contribution in [0.2, 0.25) is 0 Å². The van der Waals surface area contributed by atoms with E-state index in [1.807, 2.05) is 0 Å². The Morgan fingerprint density at radius 1 is 1.28 bits per heavy atom. The second-order valence-electron chi connectivity index (χ2n) is 5.34. The molecule has 0 aliphatic carbocycles. The summed E-state index contributed by atoms with van der Waals surface area (Å²) in [4.78, 5) is 28.0. The number of thioether (sulfide) groups is 1. The van der Waals surface area contributed by atoms with Crippen molar-refractivity contribution in [3.8, 4) is 0 Å². The molecule has 2 heterocycles. The molecule has 7 nitrogen and oxygen atoms in total. The lowest BCUT2D eigenvalue weighted by atomic mass is 10.1. The van der Waals surface area contributed by atoms with Crippen LogP contribution in [0.4, 0.5) is 5.69 Å². The molecule has 25 heavy (non-hydrogen) atoms. The molecule has 132 valence electrons. The van der Waals surface area contributed by atoms with Gasteiger partial charge in [-0.05, 0) is 18.2 Å². The summed E-state index contributed by atoms with van der Waals surface area (Å²) in [6, 6.07) is 5.31. The number of halogens is 1. The summed E-state index contributed by atoms with van der Waals surface area (Å²) in [5.41, 5.74) is 1.52. The van der Waals surface area contributed by atoms with Crippen molar-refractivity contribution in [2.24, 2.45) is 0 Å². The smallest absolute Gasteiger partial charge is 0.267 e. The van der Waals surface area contributed by atoms with Crippen molar-refractivity contribution < 1.29 is 22.6 Å². The number of carbonyl (C=O) groups excluding carboxylic acids is 2. The number of likely N-dealkylation sites (N-methyl/N-ethyl adjacent to an activating group) is 1. The van der Waals surface area contributed by atoms with E-state index in [0.29, 0.717) is 11.3 Å². The van der Waals surface area contributed by atoms with E-state index in [1.54, 1.807) is 25.2 Å². The number of rotatable bonds is 3. The van der Waals surface area contributed by atoms with Gasteiger partial charge < -0.3 is 4.90 Å². The first kappa shape index (κ1) is 18.5. The molecule has 1 N–H and O–H groups in total. The summed E-state index contributed by atoms with van der Waals surface area (Å²) in [5.74, 6) is -1.50. The zero-order chi connectivity index (χ0) is 18.5.